The molecule has 0 aromatic carbocycles. The van der Waals surface area contributed by atoms with Crippen molar-refractivity contribution in [3.05, 3.63) is 22.1 Å². The second-order valence-corrected chi connectivity index (χ2v) is 13.1. The Morgan fingerprint density at radius 1 is 1.00 bits per heavy atom. The zero-order chi connectivity index (χ0) is 32.4. The van der Waals surface area contributed by atoms with Gasteiger partial charge >= 0.3 is 12.4 Å². The van der Waals surface area contributed by atoms with Crippen LogP contribution in [0.3, 0.4) is 0 Å². The fourth-order valence-corrected chi connectivity index (χ4v) is 7.66. The maximum atomic E-state index is 14.1. The van der Waals surface area contributed by atoms with Crippen molar-refractivity contribution in [2.45, 2.75) is 113 Å². The Balaban J connectivity index is 1.12. The van der Waals surface area contributed by atoms with Gasteiger partial charge < -0.3 is 15.5 Å². The van der Waals surface area contributed by atoms with Crippen molar-refractivity contribution >= 4 is 11.6 Å². The van der Waals surface area contributed by atoms with E-state index in [1.54, 1.807) is 12.0 Å². The first-order chi connectivity index (χ1) is 21.3. The third kappa shape index (κ3) is 7.76. The van der Waals surface area contributed by atoms with Crippen LogP contribution >= 0.6 is 0 Å². The number of aromatic nitrogens is 2. The summed E-state index contributed by atoms with van der Waals surface area (Å²) in [5.41, 5.74) is -4.08. The molecule has 3 aliphatic heterocycles. The predicted molar refractivity (Wildman–Crippen MR) is 155 cm³/mol. The number of anilines is 1. The maximum absolute atomic E-state index is 14.1. The fourth-order valence-electron chi connectivity index (χ4n) is 7.66. The van der Waals surface area contributed by atoms with Crippen LogP contribution in [0.4, 0.5) is 32.0 Å². The third-order valence-electron chi connectivity index (χ3n) is 10.0. The molecule has 10 nitrogen and oxygen atoms in total. The van der Waals surface area contributed by atoms with Gasteiger partial charge in [0, 0.05) is 50.3 Å². The fraction of sp³-hybridized carbons (Fsp3) is 0.828. The molecule has 1 spiro atoms. The normalized spacial score (nSPS) is 28.2. The molecule has 4 fully saturated rings. The van der Waals surface area contributed by atoms with Gasteiger partial charge in [-0.1, -0.05) is 32.1 Å². The lowest BCUT2D eigenvalue weighted by atomic mass is 9.72. The summed E-state index contributed by atoms with van der Waals surface area (Å²) in [4.78, 5) is 29.0. The number of alkyl halides is 6. The van der Waals surface area contributed by atoms with E-state index in [1.165, 1.54) is 0 Å². The lowest BCUT2D eigenvalue weighted by molar-refractivity contribution is -0.211. The molecule has 4 atom stereocenters. The molecule has 16 heteroatoms. The number of nitrogens with zero attached hydrogens (tertiary/aromatic N) is 3. The Hall–Kier alpha value is -2.43. The third-order valence-corrected chi connectivity index (χ3v) is 10.0. The molecule has 4 aliphatic rings. The topological polar surface area (TPSA) is 117 Å². The van der Waals surface area contributed by atoms with Crippen molar-refractivity contribution in [2.75, 3.05) is 38.0 Å². The van der Waals surface area contributed by atoms with Crippen LogP contribution in [0.1, 0.15) is 76.7 Å². The summed E-state index contributed by atoms with van der Waals surface area (Å²) in [6.07, 6.45) is -1.04. The summed E-state index contributed by atoms with van der Waals surface area (Å²) in [6.45, 7) is 3.54. The summed E-state index contributed by atoms with van der Waals surface area (Å²) >= 11 is 0. The van der Waals surface area contributed by atoms with Crippen LogP contribution in [0.5, 0.6) is 0 Å². The lowest BCUT2D eigenvalue weighted by Gasteiger charge is -2.53. The number of aromatic amines is 1. The van der Waals surface area contributed by atoms with Gasteiger partial charge in [0.05, 0.1) is 23.8 Å². The molecule has 45 heavy (non-hydrogen) atoms. The largest absolute Gasteiger partial charge is 0.423 e. The van der Waals surface area contributed by atoms with Crippen LogP contribution < -0.4 is 26.8 Å². The lowest BCUT2D eigenvalue weighted by Crippen LogP contribution is -2.74. The number of halogens is 6. The van der Waals surface area contributed by atoms with Gasteiger partial charge in [-0.3, -0.25) is 25.1 Å². The number of likely N-dealkylation sites (tertiary alicyclic amines) is 2. The van der Waals surface area contributed by atoms with Gasteiger partial charge in [0.1, 0.15) is 11.9 Å². The van der Waals surface area contributed by atoms with E-state index in [9.17, 15) is 35.9 Å². The Kier molecular flexibility index (Phi) is 10.4. The van der Waals surface area contributed by atoms with Gasteiger partial charge in [-0.2, -0.15) is 31.4 Å². The molecular formula is C29H44F6N8O2. The molecular weight excluding hydrogens is 606 g/mol. The second kappa shape index (κ2) is 13.7. The number of H-pyrrole nitrogens is 1. The van der Waals surface area contributed by atoms with E-state index < -0.39 is 52.7 Å². The molecule has 1 amide bonds. The van der Waals surface area contributed by atoms with Crippen LogP contribution in [0, 0.1) is 5.92 Å². The number of nitrogens with one attached hydrogen (secondary N) is 5. The van der Waals surface area contributed by atoms with E-state index in [1.807, 2.05) is 4.90 Å². The van der Waals surface area contributed by atoms with Gasteiger partial charge in [-0.25, -0.2) is 5.10 Å². The summed E-state index contributed by atoms with van der Waals surface area (Å²) in [5.74, 6) is -1.50. The van der Waals surface area contributed by atoms with Crippen LogP contribution in [0.15, 0.2) is 11.0 Å². The van der Waals surface area contributed by atoms with Crippen molar-refractivity contribution in [3.63, 3.8) is 0 Å². The zero-order valence-corrected chi connectivity index (χ0v) is 25.5. The molecule has 254 valence electrons. The Labute approximate surface area is 258 Å². The molecule has 1 aromatic rings. The minimum Gasteiger partial charge on any atom is -0.379 e. The van der Waals surface area contributed by atoms with E-state index in [4.69, 9.17) is 0 Å². The minimum atomic E-state index is -4.85. The van der Waals surface area contributed by atoms with Crippen molar-refractivity contribution in [3.8, 4) is 0 Å². The monoisotopic (exact) mass is 650 g/mol. The highest BCUT2D eigenvalue weighted by molar-refractivity contribution is 5.84. The highest BCUT2D eigenvalue weighted by atomic mass is 19.4. The first kappa shape index (κ1) is 33.9. The highest BCUT2D eigenvalue weighted by Gasteiger charge is 2.56. The number of amides is 1. The van der Waals surface area contributed by atoms with Gasteiger partial charge in [-0.15, -0.1) is 0 Å². The van der Waals surface area contributed by atoms with E-state index in [0.29, 0.717) is 51.7 Å². The van der Waals surface area contributed by atoms with E-state index in [0.717, 1.165) is 38.3 Å². The molecule has 5 N–H and O–H groups in total. The molecule has 1 saturated carbocycles. The van der Waals surface area contributed by atoms with Crippen LogP contribution in [0.2, 0.25) is 0 Å². The number of hydrogen-bond acceptors (Lipinski definition) is 8. The zero-order valence-electron chi connectivity index (χ0n) is 25.5. The van der Waals surface area contributed by atoms with Crippen LogP contribution in [-0.2, 0) is 11.0 Å². The Morgan fingerprint density at radius 2 is 1.67 bits per heavy atom. The van der Waals surface area contributed by atoms with Crippen molar-refractivity contribution in [1.29, 1.82) is 0 Å². The van der Waals surface area contributed by atoms with Crippen molar-refractivity contribution in [2.24, 2.45) is 5.92 Å². The Morgan fingerprint density at radius 3 is 2.31 bits per heavy atom. The smallest absolute Gasteiger partial charge is 0.379 e. The van der Waals surface area contributed by atoms with Gasteiger partial charge in [0.25, 0.3) is 5.56 Å². The molecule has 3 saturated heterocycles. The quantitative estimate of drug-likeness (QED) is 0.286. The molecule has 5 rings (SSSR count). The van der Waals surface area contributed by atoms with Gasteiger partial charge in [0.2, 0.25) is 5.91 Å². The molecule has 1 aromatic heterocycles. The van der Waals surface area contributed by atoms with E-state index in [2.05, 4.69) is 31.3 Å². The van der Waals surface area contributed by atoms with E-state index in [-0.39, 0.29) is 31.3 Å². The number of rotatable bonds is 7. The van der Waals surface area contributed by atoms with Crippen LogP contribution in [0.25, 0.3) is 0 Å². The van der Waals surface area contributed by atoms with Gasteiger partial charge in [-0.05, 0) is 39.0 Å². The highest BCUT2D eigenvalue weighted by Crippen LogP contribution is 2.43. The molecule has 1 aliphatic carbocycles. The van der Waals surface area contributed by atoms with E-state index >= 15 is 0 Å². The van der Waals surface area contributed by atoms with Crippen molar-refractivity contribution in [1.82, 2.24) is 35.9 Å². The van der Waals surface area contributed by atoms with Crippen molar-refractivity contribution < 1.29 is 31.1 Å². The minimum absolute atomic E-state index is 0.00873. The average molecular weight is 651 g/mol. The SMILES string of the molecule is C[C@@H](CN[C@@H]1CCN(C2CCN(C3NCC(C(F)(F)F)C4(CCCCCCC4)N3)CC2)C1=O)Nc1cn[nH]c(=O)c1C(F)(F)F. The van der Waals surface area contributed by atoms with Crippen LogP contribution in [-0.4, -0.2) is 94.8 Å². The summed E-state index contributed by atoms with van der Waals surface area (Å²) in [7, 11) is 0. The first-order valence-corrected chi connectivity index (χ1v) is 16.1. The second-order valence-electron chi connectivity index (χ2n) is 13.1. The average Bonchev–Trinajstić information content (AvgIpc) is 3.33. The number of hydrogen-bond donors (Lipinski definition) is 5. The Bertz CT molecular complexity index is 1210. The predicted octanol–water partition coefficient (Wildman–Crippen LogP) is 3.38. The standard InChI is InChI=1S/C29H44F6N8O2/c1-18(39-21-16-38-41-24(44)23(21)29(33,34)35)15-36-20-9-14-43(25(20)45)19-7-12-42(13-8-19)26-37-17-22(28(30,31)32)27(40-26)10-5-3-2-4-6-11-27/h16,18-20,22,26,36-37,40H,2-15,17H2,1H3,(H2,39,41,44)/t18-,20+,22?,26?/m0/s1. The summed E-state index contributed by atoms with van der Waals surface area (Å²) in [5, 5.41) is 17.7. The molecule has 4 heterocycles. The number of carbonyl (C=O) groups excluding carboxylic acids is 1. The number of piperidine rings is 1. The maximum Gasteiger partial charge on any atom is 0.423 e. The van der Waals surface area contributed by atoms with Gasteiger partial charge in [0.15, 0.2) is 0 Å². The molecule has 0 bridgehead atoms. The molecule has 0 radical (unpaired) electrons. The summed E-state index contributed by atoms with van der Waals surface area (Å²) < 4.78 is 82.5. The first-order valence-electron chi connectivity index (χ1n) is 16.1. The summed E-state index contributed by atoms with van der Waals surface area (Å²) in [6, 6.07) is -1.00. The molecule has 2 unspecified atom stereocenters. The number of carbonyl (C=O) groups is 1.